The van der Waals surface area contributed by atoms with E-state index in [2.05, 4.69) is 43.4 Å². The summed E-state index contributed by atoms with van der Waals surface area (Å²) in [6, 6.07) is 11.0. The molecule has 2 aromatic carbocycles. The van der Waals surface area contributed by atoms with Gasteiger partial charge in [-0.05, 0) is 89.0 Å². The molecule has 1 aliphatic heterocycles. The van der Waals surface area contributed by atoms with Gasteiger partial charge in [-0.25, -0.2) is 8.42 Å². The van der Waals surface area contributed by atoms with Crippen molar-refractivity contribution in [3.05, 3.63) is 56.4 Å². The summed E-state index contributed by atoms with van der Waals surface area (Å²) in [5.41, 5.74) is 1.89. The van der Waals surface area contributed by atoms with Gasteiger partial charge in [0.2, 0.25) is 0 Å². The van der Waals surface area contributed by atoms with Gasteiger partial charge in [0.1, 0.15) is 0 Å². The fourth-order valence-corrected chi connectivity index (χ4v) is 7.37. The predicted octanol–water partition coefficient (Wildman–Crippen LogP) is 3.77. The van der Waals surface area contributed by atoms with Crippen LogP contribution >= 0.6 is 34.2 Å². The highest BCUT2D eigenvalue weighted by molar-refractivity contribution is 14.1. The number of rotatable bonds is 5. The molecule has 1 aliphatic carbocycles. The highest BCUT2D eigenvalue weighted by Crippen LogP contribution is 2.40. The number of carbonyl (C=O) groups excluding carboxylic acids is 1. The van der Waals surface area contributed by atoms with Crippen LogP contribution in [0.2, 0.25) is 5.02 Å². The van der Waals surface area contributed by atoms with Gasteiger partial charge < -0.3 is 5.32 Å². The number of carbonyl (C=O) groups is 1. The second kappa shape index (κ2) is 8.31. The van der Waals surface area contributed by atoms with Crippen LogP contribution in [0.3, 0.4) is 0 Å². The number of amides is 1. The third-order valence-electron chi connectivity index (χ3n) is 6.05. The summed E-state index contributed by atoms with van der Waals surface area (Å²) in [5, 5.41) is 15.8. The van der Waals surface area contributed by atoms with Crippen LogP contribution < -0.4 is 5.32 Å². The van der Waals surface area contributed by atoms with Gasteiger partial charge in [-0.2, -0.15) is 4.68 Å². The molecule has 1 saturated heterocycles. The number of tetrazole rings is 1. The lowest BCUT2D eigenvalue weighted by molar-refractivity contribution is 0.0916. The van der Waals surface area contributed by atoms with E-state index < -0.39 is 15.4 Å². The number of sulfone groups is 1. The number of aromatic nitrogens is 4. The van der Waals surface area contributed by atoms with Crippen molar-refractivity contribution in [2.45, 2.75) is 37.6 Å². The van der Waals surface area contributed by atoms with Gasteiger partial charge in [0.25, 0.3) is 5.91 Å². The molecule has 0 radical (unpaired) electrons. The summed E-state index contributed by atoms with van der Waals surface area (Å²) < 4.78 is 26.7. The van der Waals surface area contributed by atoms with Crippen molar-refractivity contribution in [1.29, 1.82) is 0 Å². The van der Waals surface area contributed by atoms with Gasteiger partial charge in [0.05, 0.1) is 28.3 Å². The van der Waals surface area contributed by atoms with Gasteiger partial charge in [-0.15, -0.1) is 5.10 Å². The monoisotopic (exact) mass is 597 g/mol. The van der Waals surface area contributed by atoms with Crippen molar-refractivity contribution < 1.29 is 13.2 Å². The molecule has 2 fully saturated rings. The van der Waals surface area contributed by atoms with Crippen LogP contribution in [-0.4, -0.2) is 51.6 Å². The van der Waals surface area contributed by atoms with E-state index in [4.69, 9.17) is 11.6 Å². The van der Waals surface area contributed by atoms with E-state index in [9.17, 15) is 13.2 Å². The molecule has 1 amide bonds. The molecule has 0 spiro atoms. The first-order chi connectivity index (χ1) is 15.6. The molecule has 1 aromatic heterocycles. The Labute approximate surface area is 210 Å². The molecule has 1 atom stereocenters. The Bertz CT molecular complexity index is 1350. The molecular weight excluding hydrogens is 577 g/mol. The van der Waals surface area contributed by atoms with Crippen molar-refractivity contribution in [1.82, 2.24) is 25.5 Å². The van der Waals surface area contributed by atoms with Gasteiger partial charge in [0, 0.05) is 20.1 Å². The van der Waals surface area contributed by atoms with Crippen molar-refractivity contribution in [3.8, 4) is 16.8 Å². The van der Waals surface area contributed by atoms with Crippen LogP contribution in [0.5, 0.6) is 0 Å². The SMILES string of the molecule is CC1(NC(=O)c2cc(-n3nnnc3C3CC3)cc(I)c2-c2ccc(Cl)cc2)CCS(=O)(=O)C1. The average Bonchev–Trinajstić information content (AvgIpc) is 3.40. The van der Waals surface area contributed by atoms with Crippen LogP contribution in [-0.2, 0) is 9.84 Å². The lowest BCUT2D eigenvalue weighted by atomic mass is 9.96. The number of nitrogens with zero attached hydrogens (tertiary/aromatic N) is 4. The van der Waals surface area contributed by atoms with E-state index in [1.165, 1.54) is 0 Å². The zero-order valence-corrected chi connectivity index (χ0v) is 21.5. The van der Waals surface area contributed by atoms with Gasteiger partial charge >= 0.3 is 0 Å². The Kier molecular flexibility index (Phi) is 5.73. The Balaban J connectivity index is 1.61. The smallest absolute Gasteiger partial charge is 0.252 e. The molecule has 8 nitrogen and oxygen atoms in total. The zero-order valence-electron chi connectivity index (χ0n) is 17.8. The predicted molar refractivity (Wildman–Crippen MR) is 133 cm³/mol. The van der Waals surface area contributed by atoms with E-state index in [0.29, 0.717) is 28.6 Å². The lowest BCUT2D eigenvalue weighted by Gasteiger charge is -2.25. The quantitative estimate of drug-likeness (QED) is 0.449. The Morgan fingerprint density at radius 1 is 1.24 bits per heavy atom. The van der Waals surface area contributed by atoms with Crippen LogP contribution in [0.25, 0.3) is 16.8 Å². The molecule has 0 bridgehead atoms. The summed E-state index contributed by atoms with van der Waals surface area (Å²) in [5.74, 6) is 0.775. The van der Waals surface area contributed by atoms with Crippen LogP contribution in [0.15, 0.2) is 36.4 Å². The Hall–Kier alpha value is -2.05. The largest absolute Gasteiger partial charge is 0.346 e. The molecule has 172 valence electrons. The molecule has 2 heterocycles. The van der Waals surface area contributed by atoms with Gasteiger partial charge in [0.15, 0.2) is 15.7 Å². The lowest BCUT2D eigenvalue weighted by Crippen LogP contribution is -2.47. The maximum atomic E-state index is 13.6. The third kappa shape index (κ3) is 4.65. The third-order valence-corrected chi connectivity index (χ3v) is 9.06. The van der Waals surface area contributed by atoms with Gasteiger partial charge in [-0.3, -0.25) is 4.79 Å². The highest BCUT2D eigenvalue weighted by atomic mass is 127. The van der Waals surface area contributed by atoms with Crippen molar-refractivity contribution in [2.75, 3.05) is 11.5 Å². The van der Waals surface area contributed by atoms with E-state index in [1.807, 2.05) is 18.2 Å². The minimum atomic E-state index is -3.17. The molecule has 33 heavy (non-hydrogen) atoms. The summed E-state index contributed by atoms with van der Waals surface area (Å²) in [6.07, 6.45) is 2.47. The van der Waals surface area contributed by atoms with Crippen molar-refractivity contribution >= 4 is 49.9 Å². The first-order valence-corrected chi connectivity index (χ1v) is 13.8. The summed E-state index contributed by atoms with van der Waals surface area (Å²) in [6.45, 7) is 1.78. The minimum Gasteiger partial charge on any atom is -0.346 e. The Morgan fingerprint density at radius 2 is 1.97 bits per heavy atom. The standard InChI is InChI=1S/C22H21ClIN5O3S/c1-22(8-9-33(31,32)12-22)25-21(30)17-10-16(29-20(14-2-3-14)26-27-28-29)11-18(24)19(17)13-4-6-15(23)7-5-13/h4-7,10-11,14H,2-3,8-9,12H2,1H3,(H,25,30). The minimum absolute atomic E-state index is 0.0702. The molecule has 3 aromatic rings. The number of halogens is 2. The maximum Gasteiger partial charge on any atom is 0.252 e. The molecule has 1 N–H and O–H groups in total. The Morgan fingerprint density at radius 3 is 2.61 bits per heavy atom. The highest BCUT2D eigenvalue weighted by Gasteiger charge is 2.40. The van der Waals surface area contributed by atoms with Gasteiger partial charge in [-0.1, -0.05) is 23.7 Å². The van der Waals surface area contributed by atoms with E-state index in [-0.39, 0.29) is 17.4 Å². The van der Waals surface area contributed by atoms with Crippen LogP contribution in [0.4, 0.5) is 0 Å². The maximum absolute atomic E-state index is 13.6. The van der Waals surface area contributed by atoms with Crippen LogP contribution in [0.1, 0.15) is 48.3 Å². The number of hydrogen-bond acceptors (Lipinski definition) is 6. The van der Waals surface area contributed by atoms with Crippen molar-refractivity contribution in [2.24, 2.45) is 0 Å². The number of benzene rings is 2. The first kappa shape index (κ1) is 22.7. The molecule has 11 heteroatoms. The van der Waals surface area contributed by atoms with E-state index in [0.717, 1.165) is 33.4 Å². The molecular formula is C22H21ClIN5O3S. The molecule has 1 saturated carbocycles. The normalized spacial score (nSPS) is 21.8. The molecule has 2 aliphatic rings. The van der Waals surface area contributed by atoms with E-state index in [1.54, 1.807) is 29.8 Å². The topological polar surface area (TPSA) is 107 Å². The second-order valence-electron chi connectivity index (χ2n) is 8.94. The summed E-state index contributed by atoms with van der Waals surface area (Å²) >= 11 is 8.29. The molecule has 5 rings (SSSR count). The summed E-state index contributed by atoms with van der Waals surface area (Å²) in [4.78, 5) is 13.6. The number of nitrogens with one attached hydrogen (secondary N) is 1. The van der Waals surface area contributed by atoms with Crippen molar-refractivity contribution in [3.63, 3.8) is 0 Å². The van der Waals surface area contributed by atoms with Crippen LogP contribution in [0, 0.1) is 3.57 Å². The van der Waals surface area contributed by atoms with E-state index >= 15 is 0 Å². The zero-order chi connectivity index (χ0) is 23.4. The average molecular weight is 598 g/mol. The number of hydrogen-bond donors (Lipinski definition) is 1. The molecule has 1 unspecified atom stereocenters. The summed E-state index contributed by atoms with van der Waals surface area (Å²) in [7, 11) is -3.17. The fraction of sp³-hybridized carbons (Fsp3) is 0.364. The second-order valence-corrected chi connectivity index (χ2v) is 12.7. The fourth-order valence-electron chi connectivity index (χ4n) is 4.23. The first-order valence-electron chi connectivity index (χ1n) is 10.6.